The molecule has 0 aliphatic heterocycles. The third-order valence-corrected chi connectivity index (χ3v) is 0. The van der Waals surface area contributed by atoms with Crippen LogP contribution in [0.1, 0.15) is 4.28 Å². The summed E-state index contributed by atoms with van der Waals surface area (Å²) in [5, 5.41) is 0. The molecule has 0 unspecified atom stereocenters. The normalized spacial score (nSPS) is 0. The van der Waals surface area contributed by atoms with Crippen LogP contribution < -0.4 is 18.9 Å². The Morgan fingerprint density at radius 2 is 1.00 bits per heavy atom. The molecular weight excluding hydrogens is 79.0 g/mol. The van der Waals surface area contributed by atoms with Gasteiger partial charge in [0.1, 0.15) is 0 Å². The Bertz CT molecular complexity index is 12.9. The Morgan fingerprint density at radius 3 is 1.00 bits per heavy atom. The molecule has 4 N–H and O–H groups in total. The van der Waals surface area contributed by atoms with Gasteiger partial charge >= 0.3 is 56.6 Å². The molecule has 0 aliphatic rings. The van der Waals surface area contributed by atoms with E-state index < -0.39 is 0 Å². The van der Waals surface area contributed by atoms with E-state index in [1.807, 2.05) is 0 Å². The van der Waals surface area contributed by atoms with E-state index in [9.17, 15) is 0 Å². The van der Waals surface area contributed by atoms with E-state index in [4.69, 9.17) is 0 Å². The first-order valence-electron chi connectivity index (χ1n) is 0. The van der Waals surface area contributed by atoms with E-state index >= 15 is 0 Å². The first-order chi connectivity index (χ1) is 0. The SMILES string of the molecule is O.O.[Ca+2].[H-].[H-].[H-].[Li+]. The summed E-state index contributed by atoms with van der Waals surface area (Å²) in [6.07, 6.45) is 0. The van der Waals surface area contributed by atoms with E-state index in [0.717, 1.165) is 0 Å². The Hall–Kier alpha value is 1.78. The molecule has 0 radical (unpaired) electrons. The molecule has 2 nitrogen and oxygen atoms in total. The second-order valence-corrected chi connectivity index (χ2v) is 0. The van der Waals surface area contributed by atoms with Crippen LogP contribution in [-0.2, 0) is 0 Å². The Labute approximate surface area is 71.2 Å². The van der Waals surface area contributed by atoms with Gasteiger partial charge in [0.25, 0.3) is 0 Å². The second kappa shape index (κ2) is 21.6. The van der Waals surface area contributed by atoms with Gasteiger partial charge < -0.3 is 15.2 Å². The van der Waals surface area contributed by atoms with Crippen LogP contribution in [0.3, 0.4) is 0 Å². The molecule has 0 saturated heterocycles. The van der Waals surface area contributed by atoms with E-state index in [-0.39, 0.29) is 71.8 Å². The molecule has 0 spiro atoms. The molecular formula is H7CaLiO2. The summed E-state index contributed by atoms with van der Waals surface area (Å²) in [4.78, 5) is 0. The molecule has 0 heterocycles. The van der Waals surface area contributed by atoms with Gasteiger partial charge in [0.05, 0.1) is 0 Å². The maximum absolute atomic E-state index is 0. The van der Waals surface area contributed by atoms with Gasteiger partial charge in [0.2, 0.25) is 0 Å². The van der Waals surface area contributed by atoms with Crippen molar-refractivity contribution in [2.75, 3.05) is 0 Å². The summed E-state index contributed by atoms with van der Waals surface area (Å²) < 4.78 is 0. The fraction of sp³-hybridized carbons (Fsp3) is 0. The third kappa shape index (κ3) is 9.22. The van der Waals surface area contributed by atoms with Crippen LogP contribution in [0.25, 0.3) is 0 Å². The number of hydrogen-bond acceptors (Lipinski definition) is 0. The van der Waals surface area contributed by atoms with Gasteiger partial charge in [-0.2, -0.15) is 0 Å². The second-order valence-electron chi connectivity index (χ2n) is 0. The van der Waals surface area contributed by atoms with Crippen LogP contribution in [0, 0.1) is 0 Å². The number of rotatable bonds is 0. The summed E-state index contributed by atoms with van der Waals surface area (Å²) in [5.41, 5.74) is 0. The molecule has 4 heavy (non-hydrogen) atoms. The zero-order chi connectivity index (χ0) is 0. The average Bonchev–Trinajstić information content (AvgIpc) is 0. The smallest absolute Gasteiger partial charge is 1.00 e. The molecule has 0 fully saturated rings. The van der Waals surface area contributed by atoms with Crippen molar-refractivity contribution in [1.82, 2.24) is 0 Å². The molecule has 22 valence electrons. The van der Waals surface area contributed by atoms with Crippen LogP contribution >= 0.6 is 0 Å². The molecule has 0 saturated carbocycles. The largest absolute Gasteiger partial charge is 2.00 e. The third-order valence-electron chi connectivity index (χ3n) is 0. The van der Waals surface area contributed by atoms with Crippen molar-refractivity contribution in [3.63, 3.8) is 0 Å². The summed E-state index contributed by atoms with van der Waals surface area (Å²) >= 11 is 0. The predicted molar refractivity (Wildman–Crippen MR) is 16.3 cm³/mol. The van der Waals surface area contributed by atoms with Crippen LogP contribution in [0.2, 0.25) is 0 Å². The summed E-state index contributed by atoms with van der Waals surface area (Å²) in [7, 11) is 0. The minimum atomic E-state index is 0. The van der Waals surface area contributed by atoms with Crippen molar-refractivity contribution < 1.29 is 34.1 Å². The summed E-state index contributed by atoms with van der Waals surface area (Å²) in [5.74, 6) is 0. The van der Waals surface area contributed by atoms with Crippen molar-refractivity contribution in [2.24, 2.45) is 0 Å². The topological polar surface area (TPSA) is 63.0 Å². The van der Waals surface area contributed by atoms with Crippen LogP contribution in [0.5, 0.6) is 0 Å². The fourth-order valence-electron chi connectivity index (χ4n) is 0. The van der Waals surface area contributed by atoms with Gasteiger partial charge in [-0.15, -0.1) is 0 Å². The van der Waals surface area contributed by atoms with Gasteiger partial charge in [-0.05, 0) is 0 Å². The first kappa shape index (κ1) is 41.7. The maximum Gasteiger partial charge on any atom is 2.00 e. The van der Waals surface area contributed by atoms with Gasteiger partial charge in [-0.25, -0.2) is 0 Å². The van der Waals surface area contributed by atoms with E-state index in [0.29, 0.717) is 0 Å². The molecule has 0 bridgehead atoms. The Morgan fingerprint density at radius 1 is 1.00 bits per heavy atom. The average molecular weight is 86.1 g/mol. The molecule has 0 aliphatic carbocycles. The Balaban J connectivity index is 0. The number of hydrogen-bond donors (Lipinski definition) is 0. The van der Waals surface area contributed by atoms with Crippen molar-refractivity contribution in [3.05, 3.63) is 0 Å². The zero-order valence-electron chi connectivity index (χ0n) is 5.71. The quantitative estimate of drug-likeness (QED) is 0.266. The predicted octanol–water partition coefficient (Wildman–Crippen LogP) is -4.69. The van der Waals surface area contributed by atoms with Gasteiger partial charge in [-0.1, -0.05) is 0 Å². The molecule has 0 aromatic carbocycles. The fourth-order valence-corrected chi connectivity index (χ4v) is 0. The summed E-state index contributed by atoms with van der Waals surface area (Å²) in [6, 6.07) is 0. The van der Waals surface area contributed by atoms with E-state index in [1.54, 1.807) is 0 Å². The van der Waals surface area contributed by atoms with Crippen molar-refractivity contribution >= 4 is 37.7 Å². The van der Waals surface area contributed by atoms with Crippen molar-refractivity contribution in [3.8, 4) is 0 Å². The van der Waals surface area contributed by atoms with E-state index in [1.165, 1.54) is 0 Å². The van der Waals surface area contributed by atoms with Crippen LogP contribution in [0.15, 0.2) is 0 Å². The molecule has 0 amide bonds. The standard InChI is InChI=1S/Ca.Li.2H2O.3H/h;;2*1H2;;;/q+2;+1;;;3*-1. The minimum absolute atomic E-state index is 0. The van der Waals surface area contributed by atoms with Gasteiger partial charge in [0, 0.05) is 0 Å². The molecule has 0 rings (SSSR count). The Kier molecular flexibility index (Phi) is 225. The molecule has 0 atom stereocenters. The maximum atomic E-state index is 0. The van der Waals surface area contributed by atoms with E-state index in [2.05, 4.69) is 0 Å². The monoisotopic (exact) mass is 86.0 g/mol. The van der Waals surface area contributed by atoms with Gasteiger partial charge in [0.15, 0.2) is 0 Å². The van der Waals surface area contributed by atoms with Crippen molar-refractivity contribution in [2.45, 2.75) is 0 Å². The first-order valence-corrected chi connectivity index (χ1v) is 0. The zero-order valence-corrected chi connectivity index (χ0v) is 4.92. The molecule has 0 aromatic heterocycles. The molecule has 4 heteroatoms. The van der Waals surface area contributed by atoms with Crippen LogP contribution in [-0.4, -0.2) is 48.7 Å². The molecule has 0 aromatic rings. The van der Waals surface area contributed by atoms with Crippen molar-refractivity contribution in [1.29, 1.82) is 0 Å². The van der Waals surface area contributed by atoms with Gasteiger partial charge in [-0.3, -0.25) is 0 Å². The minimum Gasteiger partial charge on any atom is -1.00 e. The summed E-state index contributed by atoms with van der Waals surface area (Å²) in [6.45, 7) is 0. The van der Waals surface area contributed by atoms with Crippen LogP contribution in [0.4, 0.5) is 0 Å².